The molecule has 0 radical (unpaired) electrons. The van der Waals surface area contributed by atoms with Gasteiger partial charge in [0.15, 0.2) is 17.3 Å². The number of allylic oxidation sites excluding steroid dienone is 3. The fraction of sp³-hybridized carbons (Fsp3) is 0.219. The first kappa shape index (κ1) is 32.8. The van der Waals surface area contributed by atoms with E-state index in [-0.39, 0.29) is 56.3 Å². The van der Waals surface area contributed by atoms with Gasteiger partial charge in [0.25, 0.3) is 5.91 Å². The number of methoxy groups -OCH3 is 3. The summed E-state index contributed by atoms with van der Waals surface area (Å²) < 4.78 is 40.3. The first-order chi connectivity index (χ1) is 21.9. The van der Waals surface area contributed by atoms with Gasteiger partial charge in [-0.25, -0.2) is 13.6 Å². The number of carbonyl (C=O) groups excluding carboxylic acids is 2. The van der Waals surface area contributed by atoms with Gasteiger partial charge in [-0.2, -0.15) is 5.26 Å². The Balaban J connectivity index is 1.76. The summed E-state index contributed by atoms with van der Waals surface area (Å²) in [6, 6.07) is 15.5. The Morgan fingerprint density at radius 3 is 2.20 bits per heavy atom. The van der Waals surface area contributed by atoms with Crippen LogP contribution in [-0.4, -0.2) is 41.4 Å². The van der Waals surface area contributed by atoms with Gasteiger partial charge in [0.1, 0.15) is 5.82 Å². The molecule has 3 N–H and O–H groups in total. The van der Waals surface area contributed by atoms with Crippen molar-refractivity contribution >= 4 is 50.6 Å². The summed E-state index contributed by atoms with van der Waals surface area (Å²) in [4.78, 5) is 29.1. The molecule has 0 saturated carbocycles. The second kappa shape index (κ2) is 13.1. The van der Waals surface area contributed by atoms with E-state index in [4.69, 9.17) is 42.6 Å². The molecule has 1 unspecified atom stereocenters. The van der Waals surface area contributed by atoms with Crippen LogP contribution in [0.4, 0.5) is 5.69 Å². The fourth-order valence-corrected chi connectivity index (χ4v) is 6.73. The lowest BCUT2D eigenvalue weighted by atomic mass is 9.75. The van der Waals surface area contributed by atoms with Crippen LogP contribution in [0.5, 0.6) is 17.2 Å². The Hall–Kier alpha value is -4.54. The van der Waals surface area contributed by atoms with E-state index in [1.165, 1.54) is 63.8 Å². The molecule has 0 bridgehead atoms. The summed E-state index contributed by atoms with van der Waals surface area (Å²) >= 11 is 12.9. The molecule has 1 aliphatic carbocycles. The van der Waals surface area contributed by atoms with E-state index in [1.54, 1.807) is 17.0 Å². The number of nitriles is 1. The number of nitrogens with one attached hydrogen (secondary N) is 1. The molecule has 1 aliphatic heterocycles. The largest absolute Gasteiger partial charge is 0.493 e. The fourth-order valence-electron chi connectivity index (χ4n) is 5.69. The van der Waals surface area contributed by atoms with Crippen LogP contribution in [0.3, 0.4) is 0 Å². The molecule has 0 aromatic heterocycles. The quantitative estimate of drug-likeness (QED) is 0.315. The van der Waals surface area contributed by atoms with Crippen LogP contribution >= 0.6 is 23.2 Å². The lowest BCUT2D eigenvalue weighted by Crippen LogP contribution is -2.42. The van der Waals surface area contributed by atoms with Gasteiger partial charge >= 0.3 is 0 Å². The SMILES string of the molecule is COc1cc(C(=O)NC2=C(C#N)C(c3ccc(Cl)cc3Cl)C3=C(CCCC3=O)N2c2ccc(S(N)(=O)=O)cc2)cc(OC)c1OC. The third kappa shape index (κ3) is 6.02. The van der Waals surface area contributed by atoms with Crippen LogP contribution in [0.25, 0.3) is 0 Å². The number of anilines is 1. The monoisotopic (exact) mass is 682 g/mol. The third-order valence-electron chi connectivity index (χ3n) is 7.73. The van der Waals surface area contributed by atoms with Crippen molar-refractivity contribution in [3.8, 4) is 23.3 Å². The predicted octanol–water partition coefficient (Wildman–Crippen LogP) is 5.44. The molecule has 3 aromatic carbocycles. The maximum absolute atomic E-state index is 14.0. The van der Waals surface area contributed by atoms with Crippen molar-refractivity contribution in [3.63, 3.8) is 0 Å². The molecule has 3 aromatic rings. The van der Waals surface area contributed by atoms with Gasteiger partial charge < -0.3 is 19.5 Å². The number of rotatable bonds is 8. The number of ketones is 1. The Kier molecular flexibility index (Phi) is 9.32. The van der Waals surface area contributed by atoms with Gasteiger partial charge in [0.2, 0.25) is 15.8 Å². The van der Waals surface area contributed by atoms with E-state index >= 15 is 0 Å². The van der Waals surface area contributed by atoms with Crippen LogP contribution in [0, 0.1) is 11.3 Å². The zero-order valence-electron chi connectivity index (χ0n) is 24.9. The zero-order valence-corrected chi connectivity index (χ0v) is 27.2. The number of Topliss-reactive ketones (excluding diaryl/α,β-unsaturated/α-hetero) is 1. The van der Waals surface area contributed by atoms with Gasteiger partial charge in [0, 0.05) is 39.0 Å². The Morgan fingerprint density at radius 1 is 1.00 bits per heavy atom. The minimum Gasteiger partial charge on any atom is -0.493 e. The van der Waals surface area contributed by atoms with Gasteiger partial charge in [-0.1, -0.05) is 29.3 Å². The summed E-state index contributed by atoms with van der Waals surface area (Å²) in [5.74, 6) is -0.975. The van der Waals surface area contributed by atoms with Crippen LogP contribution in [0.2, 0.25) is 10.0 Å². The average Bonchev–Trinajstić information content (AvgIpc) is 3.03. The van der Waals surface area contributed by atoms with Gasteiger partial charge in [0.05, 0.1) is 43.8 Å². The Labute approximate surface area is 275 Å². The van der Waals surface area contributed by atoms with Crippen molar-refractivity contribution in [2.45, 2.75) is 30.1 Å². The van der Waals surface area contributed by atoms with E-state index in [0.717, 1.165) is 0 Å². The minimum atomic E-state index is -4.02. The first-order valence-electron chi connectivity index (χ1n) is 13.8. The second-order valence-corrected chi connectivity index (χ2v) is 12.8. The highest BCUT2D eigenvalue weighted by molar-refractivity contribution is 7.89. The van der Waals surface area contributed by atoms with Crippen LogP contribution < -0.4 is 29.6 Å². The summed E-state index contributed by atoms with van der Waals surface area (Å²) in [7, 11) is 0.247. The summed E-state index contributed by atoms with van der Waals surface area (Å²) in [6.45, 7) is 0. The zero-order chi connectivity index (χ0) is 33.3. The van der Waals surface area contributed by atoms with E-state index < -0.39 is 21.8 Å². The smallest absolute Gasteiger partial charge is 0.257 e. The topological polar surface area (TPSA) is 161 Å². The van der Waals surface area contributed by atoms with Crippen molar-refractivity contribution in [3.05, 3.63) is 98.4 Å². The second-order valence-electron chi connectivity index (χ2n) is 10.4. The van der Waals surface area contributed by atoms with Crippen LogP contribution in [-0.2, 0) is 14.8 Å². The highest BCUT2D eigenvalue weighted by Gasteiger charge is 2.42. The number of nitrogens with two attached hydrogens (primary N) is 1. The number of primary sulfonamides is 1. The van der Waals surface area contributed by atoms with Crippen LogP contribution in [0.15, 0.2) is 82.2 Å². The lowest BCUT2D eigenvalue weighted by molar-refractivity contribution is -0.116. The molecular weight excluding hydrogens is 655 g/mol. The Morgan fingerprint density at radius 2 is 1.65 bits per heavy atom. The van der Waals surface area contributed by atoms with Gasteiger partial charge in [-0.05, 0) is 66.9 Å². The molecule has 0 fully saturated rings. The maximum Gasteiger partial charge on any atom is 0.257 e. The minimum absolute atomic E-state index is 0.0227. The molecule has 14 heteroatoms. The average molecular weight is 684 g/mol. The molecule has 11 nitrogen and oxygen atoms in total. The van der Waals surface area contributed by atoms with Crippen molar-refractivity contribution < 1.29 is 32.2 Å². The van der Waals surface area contributed by atoms with Crippen LogP contribution in [0.1, 0.15) is 41.1 Å². The molecule has 1 atom stereocenters. The lowest BCUT2D eigenvalue weighted by Gasteiger charge is -2.41. The van der Waals surface area contributed by atoms with E-state index in [9.17, 15) is 23.3 Å². The van der Waals surface area contributed by atoms with Crippen molar-refractivity contribution in [1.29, 1.82) is 5.26 Å². The maximum atomic E-state index is 14.0. The number of ether oxygens (including phenoxy) is 3. The van der Waals surface area contributed by atoms with Gasteiger partial charge in [-0.15, -0.1) is 0 Å². The molecule has 238 valence electrons. The van der Waals surface area contributed by atoms with Crippen molar-refractivity contribution in [2.24, 2.45) is 5.14 Å². The summed E-state index contributed by atoms with van der Waals surface area (Å²) in [5, 5.41) is 19.5. The molecule has 0 spiro atoms. The number of halogens is 2. The van der Waals surface area contributed by atoms with Crippen molar-refractivity contribution in [2.75, 3.05) is 26.2 Å². The number of sulfonamides is 1. The third-order valence-corrected chi connectivity index (χ3v) is 9.22. The number of amides is 1. The van der Waals surface area contributed by atoms with E-state index in [2.05, 4.69) is 11.4 Å². The Bertz CT molecular complexity index is 1940. The molecule has 5 rings (SSSR count). The van der Waals surface area contributed by atoms with E-state index in [1.807, 2.05) is 0 Å². The number of benzene rings is 3. The number of nitrogens with zero attached hydrogens (tertiary/aromatic N) is 2. The molecule has 1 heterocycles. The molecule has 0 saturated heterocycles. The molecular formula is C32H28Cl2N4O7S. The highest BCUT2D eigenvalue weighted by Crippen LogP contribution is 2.48. The predicted molar refractivity (Wildman–Crippen MR) is 172 cm³/mol. The summed E-state index contributed by atoms with van der Waals surface area (Å²) in [5.41, 5.74) is 1.83. The van der Waals surface area contributed by atoms with E-state index in [0.29, 0.717) is 40.4 Å². The highest BCUT2D eigenvalue weighted by atomic mass is 35.5. The normalized spacial score (nSPS) is 16.5. The number of hydrogen-bond acceptors (Lipinski definition) is 9. The van der Waals surface area contributed by atoms with Gasteiger partial charge in [-0.3, -0.25) is 14.5 Å². The number of carbonyl (C=O) groups is 2. The summed E-state index contributed by atoms with van der Waals surface area (Å²) in [6.07, 6.45) is 1.15. The number of hydrogen-bond donors (Lipinski definition) is 2. The molecule has 2 aliphatic rings. The molecule has 1 amide bonds. The first-order valence-corrected chi connectivity index (χ1v) is 16.1. The standard InChI is InChI=1S/C32H28Cl2N4O7S/c1-43-26-13-17(14-27(44-2)30(26)45-3)32(40)37-31-22(16-35)28(21-12-7-18(33)15-23(21)34)29-24(5-4-6-25(29)39)38(31)19-8-10-20(11-9-19)46(36,41)42/h7-15,28H,4-6H2,1-3H3,(H,37,40)(H2,36,41,42). The molecule has 46 heavy (non-hydrogen) atoms. The van der Waals surface area contributed by atoms with Crippen molar-refractivity contribution in [1.82, 2.24) is 5.32 Å².